The zero-order chi connectivity index (χ0) is 17.8. The predicted octanol–water partition coefficient (Wildman–Crippen LogP) is 3.29. The third-order valence-corrected chi connectivity index (χ3v) is 4.32. The fourth-order valence-electron chi connectivity index (χ4n) is 2.13. The highest BCUT2D eigenvalue weighted by molar-refractivity contribution is 8.18. The minimum absolute atomic E-state index is 0.201. The number of nitrogens with one attached hydrogen (secondary N) is 1. The molecule has 126 valence electrons. The van der Waals surface area contributed by atoms with Gasteiger partial charge in [0.15, 0.2) is 5.17 Å². The van der Waals surface area contributed by atoms with E-state index in [-0.39, 0.29) is 11.5 Å². The molecule has 1 aliphatic rings. The molecule has 0 unspecified atom stereocenters. The Morgan fingerprint density at radius 1 is 1.16 bits per heavy atom. The van der Waals surface area contributed by atoms with Crippen molar-refractivity contribution in [2.75, 3.05) is 7.11 Å². The minimum Gasteiger partial charge on any atom is -0.497 e. The van der Waals surface area contributed by atoms with Crippen molar-refractivity contribution in [3.63, 3.8) is 0 Å². The number of rotatable bonds is 4. The molecule has 7 heteroatoms. The number of methoxy groups -OCH3 is 1. The van der Waals surface area contributed by atoms with Crippen LogP contribution in [0.4, 0.5) is 5.69 Å². The van der Waals surface area contributed by atoms with E-state index >= 15 is 0 Å². The van der Waals surface area contributed by atoms with E-state index in [0.29, 0.717) is 15.8 Å². The molecule has 0 aromatic heterocycles. The predicted molar refractivity (Wildman–Crippen MR) is 97.2 cm³/mol. The summed E-state index contributed by atoms with van der Waals surface area (Å²) in [6.45, 7) is 0. The van der Waals surface area contributed by atoms with E-state index < -0.39 is 5.97 Å². The summed E-state index contributed by atoms with van der Waals surface area (Å²) in [6, 6.07) is 13.5. The first kappa shape index (κ1) is 16.8. The van der Waals surface area contributed by atoms with Crippen molar-refractivity contribution in [2.45, 2.75) is 0 Å². The number of nitrogens with zero attached hydrogens (tertiary/aromatic N) is 1. The lowest BCUT2D eigenvalue weighted by atomic mass is 10.1. The molecular formula is C18H14N2O4S. The van der Waals surface area contributed by atoms with Crippen molar-refractivity contribution in [2.24, 2.45) is 4.99 Å². The van der Waals surface area contributed by atoms with Gasteiger partial charge >= 0.3 is 5.97 Å². The Kier molecular flexibility index (Phi) is 4.85. The smallest absolute Gasteiger partial charge is 0.335 e. The number of ether oxygens (including phenoxy) is 1. The third-order valence-electron chi connectivity index (χ3n) is 3.41. The van der Waals surface area contributed by atoms with Crippen LogP contribution in [0.3, 0.4) is 0 Å². The van der Waals surface area contributed by atoms with Crippen LogP contribution in [0.1, 0.15) is 15.9 Å². The van der Waals surface area contributed by atoms with Crippen LogP contribution < -0.4 is 10.1 Å². The van der Waals surface area contributed by atoms with Gasteiger partial charge in [0.05, 0.1) is 23.3 Å². The normalized spacial score (nSPS) is 16.9. The fraction of sp³-hybridized carbons (Fsp3) is 0.0556. The molecule has 0 aliphatic carbocycles. The molecule has 0 radical (unpaired) electrons. The van der Waals surface area contributed by atoms with Crippen LogP contribution in [0.2, 0.25) is 0 Å². The Balaban J connectivity index is 1.77. The molecule has 1 aliphatic heterocycles. The summed E-state index contributed by atoms with van der Waals surface area (Å²) >= 11 is 1.23. The van der Waals surface area contributed by atoms with Gasteiger partial charge in [-0.1, -0.05) is 12.1 Å². The summed E-state index contributed by atoms with van der Waals surface area (Å²) < 4.78 is 5.09. The number of carboxylic acids is 1. The molecule has 0 atom stereocenters. The van der Waals surface area contributed by atoms with Crippen LogP contribution in [0.25, 0.3) is 6.08 Å². The van der Waals surface area contributed by atoms with Gasteiger partial charge in [0.2, 0.25) is 0 Å². The zero-order valence-corrected chi connectivity index (χ0v) is 14.0. The van der Waals surface area contributed by atoms with Gasteiger partial charge in [0, 0.05) is 0 Å². The van der Waals surface area contributed by atoms with Gasteiger partial charge in [-0.15, -0.1) is 0 Å². The molecule has 1 amide bonds. The number of carbonyl (C=O) groups excluding carboxylic acids is 1. The van der Waals surface area contributed by atoms with Crippen molar-refractivity contribution in [3.05, 3.63) is 64.6 Å². The summed E-state index contributed by atoms with van der Waals surface area (Å²) in [7, 11) is 1.59. The molecule has 2 aromatic carbocycles. The second-order valence-electron chi connectivity index (χ2n) is 5.11. The Morgan fingerprint density at radius 2 is 1.84 bits per heavy atom. The quantitative estimate of drug-likeness (QED) is 0.823. The van der Waals surface area contributed by atoms with Gasteiger partial charge < -0.3 is 15.2 Å². The first-order valence-electron chi connectivity index (χ1n) is 7.32. The average molecular weight is 354 g/mol. The molecule has 2 N–H and O–H groups in total. The van der Waals surface area contributed by atoms with E-state index in [4.69, 9.17) is 9.84 Å². The van der Waals surface area contributed by atoms with Crippen LogP contribution in [-0.4, -0.2) is 29.3 Å². The lowest BCUT2D eigenvalue weighted by molar-refractivity contribution is -0.115. The molecule has 1 heterocycles. The monoisotopic (exact) mass is 354 g/mol. The number of carbonyl (C=O) groups is 2. The van der Waals surface area contributed by atoms with Gasteiger partial charge in [0.25, 0.3) is 5.91 Å². The Labute approximate surface area is 148 Å². The molecule has 3 rings (SSSR count). The number of amides is 1. The SMILES string of the molecule is COc1ccc(N=C2NC(=O)/C(=C/c3ccc(C(=O)O)cc3)S2)cc1. The number of benzene rings is 2. The van der Waals surface area contributed by atoms with Crippen molar-refractivity contribution < 1.29 is 19.4 Å². The van der Waals surface area contributed by atoms with E-state index in [1.807, 2.05) is 0 Å². The molecule has 1 fully saturated rings. The van der Waals surface area contributed by atoms with Crippen molar-refractivity contribution in [1.29, 1.82) is 0 Å². The minimum atomic E-state index is -0.985. The van der Waals surface area contributed by atoms with Crippen molar-refractivity contribution >= 4 is 40.6 Å². The number of hydrogen-bond donors (Lipinski definition) is 2. The molecule has 1 saturated heterocycles. The molecule has 0 spiro atoms. The molecule has 25 heavy (non-hydrogen) atoms. The Bertz CT molecular complexity index is 871. The van der Waals surface area contributed by atoms with Crippen LogP contribution in [-0.2, 0) is 4.79 Å². The van der Waals surface area contributed by atoms with Crippen LogP contribution in [0.5, 0.6) is 5.75 Å². The number of aromatic carboxylic acids is 1. The molecule has 2 aromatic rings. The average Bonchev–Trinajstić information content (AvgIpc) is 2.95. The highest BCUT2D eigenvalue weighted by Crippen LogP contribution is 2.28. The molecule has 6 nitrogen and oxygen atoms in total. The summed E-state index contributed by atoms with van der Waals surface area (Å²) in [5, 5.41) is 12.1. The number of hydrogen-bond acceptors (Lipinski definition) is 5. The van der Waals surface area contributed by atoms with Crippen LogP contribution in [0.15, 0.2) is 58.4 Å². The number of amidine groups is 1. The Hall–Kier alpha value is -3.06. The third kappa shape index (κ3) is 4.07. The lowest BCUT2D eigenvalue weighted by Gasteiger charge is -1.99. The summed E-state index contributed by atoms with van der Waals surface area (Å²) in [5.41, 5.74) is 1.65. The number of carboxylic acid groups (broad SMARTS) is 1. The first-order chi connectivity index (χ1) is 12.0. The van der Waals surface area contributed by atoms with Gasteiger partial charge in [-0.25, -0.2) is 9.79 Å². The second kappa shape index (κ2) is 7.23. The van der Waals surface area contributed by atoms with Gasteiger partial charge in [-0.3, -0.25) is 4.79 Å². The van der Waals surface area contributed by atoms with E-state index in [9.17, 15) is 9.59 Å². The first-order valence-corrected chi connectivity index (χ1v) is 8.14. The van der Waals surface area contributed by atoms with E-state index in [1.54, 1.807) is 49.6 Å². The van der Waals surface area contributed by atoms with Crippen LogP contribution >= 0.6 is 11.8 Å². The lowest BCUT2D eigenvalue weighted by Crippen LogP contribution is -2.19. The van der Waals surface area contributed by atoms with Crippen molar-refractivity contribution in [1.82, 2.24) is 5.32 Å². The summed E-state index contributed by atoms with van der Waals surface area (Å²) in [6.07, 6.45) is 1.70. The van der Waals surface area contributed by atoms with Crippen LogP contribution in [0, 0.1) is 0 Å². The summed E-state index contributed by atoms with van der Waals surface area (Å²) in [4.78, 5) is 27.8. The van der Waals surface area contributed by atoms with E-state index in [2.05, 4.69) is 10.3 Å². The largest absolute Gasteiger partial charge is 0.497 e. The van der Waals surface area contributed by atoms with Crippen molar-refractivity contribution in [3.8, 4) is 5.75 Å². The highest BCUT2D eigenvalue weighted by Gasteiger charge is 2.23. The maximum atomic E-state index is 12.1. The maximum absolute atomic E-state index is 12.1. The molecule has 0 bridgehead atoms. The topological polar surface area (TPSA) is 88.0 Å². The second-order valence-corrected chi connectivity index (χ2v) is 6.14. The maximum Gasteiger partial charge on any atom is 0.335 e. The fourth-order valence-corrected chi connectivity index (χ4v) is 2.97. The number of aliphatic imine (C=N–C) groups is 1. The number of thioether (sulfide) groups is 1. The standard InChI is InChI=1S/C18H14N2O4S/c1-24-14-8-6-13(7-9-14)19-18-20-16(21)15(25-18)10-11-2-4-12(5-3-11)17(22)23/h2-10H,1H3,(H,22,23)(H,19,20,21)/b15-10-. The molecule has 0 saturated carbocycles. The van der Waals surface area contributed by atoms with Gasteiger partial charge in [0.1, 0.15) is 5.75 Å². The Morgan fingerprint density at radius 3 is 2.44 bits per heavy atom. The van der Waals surface area contributed by atoms with E-state index in [0.717, 1.165) is 11.3 Å². The molecular weight excluding hydrogens is 340 g/mol. The summed E-state index contributed by atoms with van der Waals surface area (Å²) in [5.74, 6) is -0.488. The highest BCUT2D eigenvalue weighted by atomic mass is 32.2. The van der Waals surface area contributed by atoms with E-state index in [1.165, 1.54) is 23.9 Å². The zero-order valence-electron chi connectivity index (χ0n) is 13.2. The van der Waals surface area contributed by atoms with Gasteiger partial charge in [-0.2, -0.15) is 0 Å². The van der Waals surface area contributed by atoms with Gasteiger partial charge in [-0.05, 0) is 59.8 Å².